The van der Waals surface area contributed by atoms with Crippen LogP contribution < -0.4 is 56.1 Å². The van der Waals surface area contributed by atoms with Crippen molar-refractivity contribution >= 4 is 16.2 Å². The van der Waals surface area contributed by atoms with Crippen molar-refractivity contribution in [3.63, 3.8) is 0 Å². The van der Waals surface area contributed by atoms with Crippen molar-refractivity contribution in [3.05, 3.63) is 36.4 Å². The molecule has 1 rings (SSSR count). The first kappa shape index (κ1) is 18.3. The molecule has 0 N–H and O–H groups in total. The van der Waals surface area contributed by atoms with Crippen molar-refractivity contribution in [2.24, 2.45) is 0 Å². The fraction of sp³-hybridized carbons (Fsp3) is 0.333. The van der Waals surface area contributed by atoms with E-state index in [1.807, 2.05) is 24.3 Å². The van der Waals surface area contributed by atoms with Gasteiger partial charge in [-0.1, -0.05) is 24.8 Å². The first-order valence-electron chi connectivity index (χ1n) is 5.30. The molecule has 0 heterocycles. The monoisotopic (exact) mass is 294 g/mol. The number of hydrogen-bond donors (Lipinski definition) is 0. The van der Waals surface area contributed by atoms with Gasteiger partial charge in [-0.2, -0.15) is 0 Å². The van der Waals surface area contributed by atoms with E-state index in [0.717, 1.165) is 11.3 Å². The number of unbranched alkanes of at least 4 members (excludes halogenated alkanes) is 1. The molecule has 0 fully saturated rings. The maximum Gasteiger partial charge on any atom is 1.00 e. The van der Waals surface area contributed by atoms with Gasteiger partial charge >= 0.3 is 51.4 Å². The normalized spacial score (nSPS) is 10.5. The number of ether oxygens (including phenoxy) is 1. The summed E-state index contributed by atoms with van der Waals surface area (Å²) < 4.78 is 36.4. The molecular formula is C12H15KO4S. The minimum atomic E-state index is -4.09. The van der Waals surface area contributed by atoms with Crippen LogP contribution in [0.5, 0.6) is 5.75 Å². The zero-order chi connectivity index (χ0) is 12.7. The summed E-state index contributed by atoms with van der Waals surface area (Å²) in [6.07, 6.45) is 2.62. The average Bonchev–Trinajstić information content (AvgIpc) is 2.28. The average molecular weight is 294 g/mol. The van der Waals surface area contributed by atoms with Gasteiger partial charge < -0.3 is 9.29 Å². The maximum absolute atomic E-state index is 10.3. The standard InChI is InChI=1S/C12H16O4S.K/c1-2-11-5-7-12(8-6-11)16-9-3-4-10-17(13,14)15;/h2,5-8H,1,3-4,9-10H2,(H,13,14,15);/q;+1/p-1. The Morgan fingerprint density at radius 3 is 2.33 bits per heavy atom. The van der Waals surface area contributed by atoms with Crippen LogP contribution in [0.1, 0.15) is 18.4 Å². The fourth-order valence-corrected chi connectivity index (χ4v) is 1.83. The second-order valence-electron chi connectivity index (χ2n) is 3.59. The van der Waals surface area contributed by atoms with Crippen molar-refractivity contribution in [2.45, 2.75) is 12.8 Å². The van der Waals surface area contributed by atoms with E-state index in [-0.39, 0.29) is 57.1 Å². The molecule has 1 aromatic carbocycles. The van der Waals surface area contributed by atoms with Gasteiger partial charge in [0.05, 0.1) is 16.7 Å². The first-order chi connectivity index (χ1) is 8.01. The SMILES string of the molecule is C=Cc1ccc(OCCCCS(=O)(=O)[O-])cc1.[K+]. The molecule has 1 aromatic rings. The molecule has 4 nitrogen and oxygen atoms in total. The van der Waals surface area contributed by atoms with E-state index in [2.05, 4.69) is 6.58 Å². The molecule has 0 aliphatic heterocycles. The Bertz CT molecular complexity index is 453. The van der Waals surface area contributed by atoms with Gasteiger partial charge in [-0.3, -0.25) is 0 Å². The summed E-state index contributed by atoms with van der Waals surface area (Å²) in [5, 5.41) is 0. The summed E-state index contributed by atoms with van der Waals surface area (Å²) in [7, 11) is -4.09. The van der Waals surface area contributed by atoms with Crippen LogP contribution in [-0.2, 0) is 10.1 Å². The quantitative estimate of drug-likeness (QED) is 0.369. The van der Waals surface area contributed by atoms with E-state index in [4.69, 9.17) is 4.74 Å². The van der Waals surface area contributed by atoms with Gasteiger partial charge in [-0.15, -0.1) is 0 Å². The summed E-state index contributed by atoms with van der Waals surface area (Å²) in [5.41, 5.74) is 1.01. The predicted octanol–water partition coefficient (Wildman–Crippen LogP) is -0.962. The van der Waals surface area contributed by atoms with Crippen LogP contribution in [0.4, 0.5) is 0 Å². The largest absolute Gasteiger partial charge is 1.00 e. The molecule has 0 spiro atoms. The van der Waals surface area contributed by atoms with E-state index < -0.39 is 10.1 Å². The van der Waals surface area contributed by atoms with Gasteiger partial charge in [-0.05, 0) is 30.5 Å². The second-order valence-corrected chi connectivity index (χ2v) is 5.11. The van der Waals surface area contributed by atoms with Crippen molar-refractivity contribution in [1.82, 2.24) is 0 Å². The molecule has 0 aromatic heterocycles. The van der Waals surface area contributed by atoms with E-state index in [9.17, 15) is 13.0 Å². The Labute approximate surface area is 151 Å². The molecule has 0 unspecified atom stereocenters. The van der Waals surface area contributed by atoms with Gasteiger partial charge in [0.15, 0.2) is 0 Å². The topological polar surface area (TPSA) is 66.4 Å². The first-order valence-corrected chi connectivity index (χ1v) is 6.88. The maximum atomic E-state index is 10.3. The molecule has 0 atom stereocenters. The Morgan fingerprint density at radius 2 is 1.83 bits per heavy atom. The Morgan fingerprint density at radius 1 is 1.22 bits per heavy atom. The van der Waals surface area contributed by atoms with Crippen LogP contribution >= 0.6 is 0 Å². The Kier molecular flexibility index (Phi) is 9.41. The van der Waals surface area contributed by atoms with Gasteiger partial charge in [0, 0.05) is 5.75 Å². The molecule has 0 saturated heterocycles. The van der Waals surface area contributed by atoms with E-state index >= 15 is 0 Å². The molecule has 0 radical (unpaired) electrons. The van der Waals surface area contributed by atoms with E-state index in [1.54, 1.807) is 6.08 Å². The van der Waals surface area contributed by atoms with Crippen molar-refractivity contribution in [1.29, 1.82) is 0 Å². The van der Waals surface area contributed by atoms with Crippen LogP contribution in [0.3, 0.4) is 0 Å². The molecule has 94 valence electrons. The molecule has 0 aliphatic rings. The van der Waals surface area contributed by atoms with E-state index in [1.165, 1.54) is 0 Å². The van der Waals surface area contributed by atoms with Crippen molar-refractivity contribution in [2.75, 3.05) is 12.4 Å². The van der Waals surface area contributed by atoms with Gasteiger partial charge in [0.25, 0.3) is 0 Å². The summed E-state index contributed by atoms with van der Waals surface area (Å²) in [4.78, 5) is 0. The predicted molar refractivity (Wildman–Crippen MR) is 65.8 cm³/mol. The van der Waals surface area contributed by atoms with Crippen molar-refractivity contribution < 1.29 is 69.1 Å². The van der Waals surface area contributed by atoms with Crippen LogP contribution in [0.25, 0.3) is 6.08 Å². The molecule has 0 amide bonds. The molecular weight excluding hydrogens is 279 g/mol. The van der Waals surface area contributed by atoms with Gasteiger partial charge in [-0.25, -0.2) is 8.42 Å². The Hall–Kier alpha value is 0.306. The number of benzene rings is 1. The Balaban J connectivity index is 0.00000289. The molecule has 0 saturated carbocycles. The third-order valence-electron chi connectivity index (χ3n) is 2.17. The smallest absolute Gasteiger partial charge is 0.748 e. The van der Waals surface area contributed by atoms with Crippen LogP contribution in [0, 0.1) is 0 Å². The minimum absolute atomic E-state index is 0. The number of hydrogen-bond acceptors (Lipinski definition) is 4. The van der Waals surface area contributed by atoms with E-state index in [0.29, 0.717) is 19.4 Å². The number of rotatable bonds is 7. The summed E-state index contributed by atoms with van der Waals surface area (Å²) in [5.74, 6) is 0.395. The molecule has 18 heavy (non-hydrogen) atoms. The van der Waals surface area contributed by atoms with Crippen molar-refractivity contribution in [3.8, 4) is 5.75 Å². The summed E-state index contributed by atoms with van der Waals surface area (Å²) in [6.45, 7) is 4.05. The zero-order valence-electron chi connectivity index (χ0n) is 10.5. The van der Waals surface area contributed by atoms with Gasteiger partial charge in [0.1, 0.15) is 5.75 Å². The molecule has 0 bridgehead atoms. The zero-order valence-corrected chi connectivity index (χ0v) is 14.4. The summed E-state index contributed by atoms with van der Waals surface area (Å²) >= 11 is 0. The van der Waals surface area contributed by atoms with Crippen LogP contribution in [0.15, 0.2) is 30.8 Å². The second kappa shape index (κ2) is 9.25. The third-order valence-corrected chi connectivity index (χ3v) is 2.96. The fourth-order valence-electron chi connectivity index (χ4n) is 1.27. The van der Waals surface area contributed by atoms with Gasteiger partial charge in [0.2, 0.25) is 0 Å². The third kappa shape index (κ3) is 8.42. The summed E-state index contributed by atoms with van der Waals surface area (Å²) in [6, 6.07) is 7.40. The van der Waals surface area contributed by atoms with Crippen LogP contribution in [0.2, 0.25) is 0 Å². The molecule has 6 heteroatoms. The minimum Gasteiger partial charge on any atom is -0.748 e. The van der Waals surface area contributed by atoms with Crippen LogP contribution in [-0.4, -0.2) is 25.3 Å². The molecule has 0 aliphatic carbocycles.